The van der Waals surface area contributed by atoms with Gasteiger partial charge in [-0.1, -0.05) is 18.2 Å². The van der Waals surface area contributed by atoms with Gasteiger partial charge in [-0.25, -0.2) is 0 Å². The Morgan fingerprint density at radius 2 is 2.00 bits per heavy atom. The summed E-state index contributed by atoms with van der Waals surface area (Å²) in [5.74, 6) is -0.0334. The van der Waals surface area contributed by atoms with Gasteiger partial charge >= 0.3 is 0 Å². The van der Waals surface area contributed by atoms with Crippen LogP contribution in [0.5, 0.6) is 0 Å². The van der Waals surface area contributed by atoms with Gasteiger partial charge in [0.25, 0.3) is 5.91 Å². The average Bonchev–Trinajstić information content (AvgIpc) is 2.80. The number of amides is 2. The third kappa shape index (κ3) is 4.18. The fourth-order valence-corrected chi connectivity index (χ4v) is 3.23. The first kappa shape index (κ1) is 17.8. The molecule has 1 spiro atoms. The number of nitrogens with zero attached hydrogens (tertiary/aromatic N) is 3. The smallest absolute Gasteiger partial charge is 0.253 e. The van der Waals surface area contributed by atoms with Crippen molar-refractivity contribution in [1.82, 2.24) is 9.80 Å². The van der Waals surface area contributed by atoms with E-state index in [0.29, 0.717) is 39.4 Å². The Balaban J connectivity index is 1.79. The van der Waals surface area contributed by atoms with Gasteiger partial charge in [-0.2, -0.15) is 0 Å². The zero-order valence-electron chi connectivity index (χ0n) is 14.8. The lowest BCUT2D eigenvalue weighted by atomic mass is 10.0. The molecule has 2 heterocycles. The van der Waals surface area contributed by atoms with Crippen LogP contribution in [0.1, 0.15) is 0 Å². The number of anilines is 1. The predicted molar refractivity (Wildman–Crippen MR) is 93.4 cm³/mol. The normalized spacial score (nSPS) is 24.7. The van der Waals surface area contributed by atoms with E-state index < -0.39 is 5.60 Å². The van der Waals surface area contributed by atoms with Crippen LogP contribution < -0.4 is 4.90 Å². The van der Waals surface area contributed by atoms with Crippen LogP contribution in [-0.2, 0) is 19.1 Å². The molecule has 0 bridgehead atoms. The van der Waals surface area contributed by atoms with Gasteiger partial charge in [-0.05, 0) is 26.2 Å². The highest BCUT2D eigenvalue weighted by Crippen LogP contribution is 2.27. The summed E-state index contributed by atoms with van der Waals surface area (Å²) in [4.78, 5) is 30.2. The zero-order valence-corrected chi connectivity index (χ0v) is 14.8. The fourth-order valence-electron chi connectivity index (χ4n) is 3.23. The van der Waals surface area contributed by atoms with Gasteiger partial charge in [0.2, 0.25) is 5.91 Å². The minimum absolute atomic E-state index is 0.00599. The average molecular weight is 347 g/mol. The molecule has 3 rings (SSSR count). The summed E-state index contributed by atoms with van der Waals surface area (Å²) in [6, 6.07) is 9.54. The number of para-hydroxylation sites is 1. The Morgan fingerprint density at radius 1 is 1.24 bits per heavy atom. The Morgan fingerprint density at radius 3 is 2.72 bits per heavy atom. The molecule has 1 aromatic carbocycles. The van der Waals surface area contributed by atoms with Gasteiger partial charge in [-0.15, -0.1) is 0 Å². The number of carbonyl (C=O) groups excluding carboxylic acids is 2. The van der Waals surface area contributed by atoms with E-state index in [1.165, 1.54) is 0 Å². The predicted octanol–water partition coefficient (Wildman–Crippen LogP) is 0.209. The number of rotatable bonds is 3. The van der Waals surface area contributed by atoms with E-state index in [-0.39, 0.29) is 18.4 Å². The third-order valence-electron chi connectivity index (χ3n) is 4.47. The molecule has 0 aromatic heterocycles. The van der Waals surface area contributed by atoms with E-state index in [1.54, 1.807) is 9.80 Å². The molecule has 2 aliphatic rings. The van der Waals surface area contributed by atoms with Crippen LogP contribution in [-0.4, -0.2) is 87.3 Å². The Kier molecular flexibility index (Phi) is 5.36. The van der Waals surface area contributed by atoms with Crippen LogP contribution in [0.2, 0.25) is 0 Å². The van der Waals surface area contributed by atoms with E-state index in [9.17, 15) is 9.59 Å². The van der Waals surface area contributed by atoms with Crippen molar-refractivity contribution in [3.63, 3.8) is 0 Å². The van der Waals surface area contributed by atoms with E-state index >= 15 is 0 Å². The summed E-state index contributed by atoms with van der Waals surface area (Å²) in [5.41, 5.74) is 0.146. The van der Waals surface area contributed by atoms with E-state index in [4.69, 9.17) is 9.47 Å². The summed E-state index contributed by atoms with van der Waals surface area (Å²) in [5, 5.41) is 0. The molecule has 0 unspecified atom stereocenters. The summed E-state index contributed by atoms with van der Waals surface area (Å²) in [6.07, 6.45) is 0. The first-order valence-corrected chi connectivity index (χ1v) is 8.49. The molecule has 0 radical (unpaired) electrons. The minimum Gasteiger partial charge on any atom is -0.376 e. The molecule has 0 saturated carbocycles. The maximum absolute atomic E-state index is 12.5. The molecule has 2 saturated heterocycles. The van der Waals surface area contributed by atoms with Crippen molar-refractivity contribution >= 4 is 17.5 Å². The molecule has 0 aliphatic carbocycles. The number of ether oxygens (including phenoxy) is 2. The van der Waals surface area contributed by atoms with Crippen molar-refractivity contribution in [3.8, 4) is 0 Å². The zero-order chi connectivity index (χ0) is 17.9. The molecule has 7 heteroatoms. The van der Waals surface area contributed by atoms with E-state index in [1.807, 2.05) is 49.3 Å². The standard InChI is InChI=1S/C18H25N3O4/c1-19(2)10-16(22)20-8-9-24-14-18(12-20)13-21(17(23)11-25-18)15-6-4-3-5-7-15/h3-7H,8-14H2,1-2H3/t18-/m1/s1. The van der Waals surface area contributed by atoms with Crippen LogP contribution in [0.15, 0.2) is 30.3 Å². The van der Waals surface area contributed by atoms with Gasteiger partial charge < -0.3 is 24.2 Å². The number of morpholine rings is 1. The second-order valence-corrected chi connectivity index (χ2v) is 6.89. The molecular weight excluding hydrogens is 322 g/mol. The lowest BCUT2D eigenvalue weighted by molar-refractivity contribution is -0.149. The first-order chi connectivity index (χ1) is 12.0. The second kappa shape index (κ2) is 7.51. The highest BCUT2D eigenvalue weighted by atomic mass is 16.6. The number of carbonyl (C=O) groups is 2. The molecule has 0 N–H and O–H groups in total. The van der Waals surface area contributed by atoms with Crippen molar-refractivity contribution in [2.45, 2.75) is 5.60 Å². The molecule has 136 valence electrons. The first-order valence-electron chi connectivity index (χ1n) is 8.49. The van der Waals surface area contributed by atoms with Gasteiger partial charge in [-0.3, -0.25) is 9.59 Å². The van der Waals surface area contributed by atoms with E-state index in [2.05, 4.69) is 0 Å². The lowest BCUT2D eigenvalue weighted by Crippen LogP contribution is -2.61. The number of hydrogen-bond donors (Lipinski definition) is 0. The molecular formula is C18H25N3O4. The van der Waals surface area contributed by atoms with E-state index in [0.717, 1.165) is 5.69 Å². The summed E-state index contributed by atoms with van der Waals surface area (Å²) < 4.78 is 11.6. The number of hydrogen-bond acceptors (Lipinski definition) is 5. The largest absolute Gasteiger partial charge is 0.376 e. The molecule has 2 fully saturated rings. The topological polar surface area (TPSA) is 62.3 Å². The summed E-state index contributed by atoms with van der Waals surface area (Å²) in [6.45, 7) is 2.53. The monoisotopic (exact) mass is 347 g/mol. The Bertz CT molecular complexity index is 622. The Labute approximate surface area is 148 Å². The number of benzene rings is 1. The number of likely N-dealkylation sites (N-methyl/N-ethyl adjacent to an activating group) is 1. The van der Waals surface area contributed by atoms with Crippen molar-refractivity contribution in [2.24, 2.45) is 0 Å². The van der Waals surface area contributed by atoms with Crippen LogP contribution in [0, 0.1) is 0 Å². The van der Waals surface area contributed by atoms with Crippen LogP contribution in [0.3, 0.4) is 0 Å². The highest BCUT2D eigenvalue weighted by molar-refractivity contribution is 5.95. The van der Waals surface area contributed by atoms with Crippen molar-refractivity contribution in [2.75, 3.05) is 65.0 Å². The van der Waals surface area contributed by atoms with Gasteiger partial charge in [0.15, 0.2) is 0 Å². The molecule has 7 nitrogen and oxygen atoms in total. The lowest BCUT2D eigenvalue weighted by Gasteiger charge is -2.43. The fraction of sp³-hybridized carbons (Fsp3) is 0.556. The maximum Gasteiger partial charge on any atom is 0.253 e. The SMILES string of the molecule is CN(C)CC(=O)N1CCOC[C@@]2(C1)CN(c1ccccc1)C(=O)CO2. The summed E-state index contributed by atoms with van der Waals surface area (Å²) >= 11 is 0. The molecule has 1 aromatic rings. The molecule has 2 amide bonds. The van der Waals surface area contributed by atoms with Crippen LogP contribution >= 0.6 is 0 Å². The molecule has 1 atom stereocenters. The Hall–Kier alpha value is -1.96. The minimum atomic E-state index is -0.692. The van der Waals surface area contributed by atoms with Crippen molar-refractivity contribution in [3.05, 3.63) is 30.3 Å². The van der Waals surface area contributed by atoms with Gasteiger partial charge in [0.05, 0.1) is 32.8 Å². The maximum atomic E-state index is 12.5. The summed E-state index contributed by atoms with van der Waals surface area (Å²) in [7, 11) is 3.74. The highest BCUT2D eigenvalue weighted by Gasteiger charge is 2.44. The second-order valence-electron chi connectivity index (χ2n) is 6.89. The van der Waals surface area contributed by atoms with Crippen molar-refractivity contribution < 1.29 is 19.1 Å². The van der Waals surface area contributed by atoms with Gasteiger partial charge in [0.1, 0.15) is 12.2 Å². The third-order valence-corrected chi connectivity index (χ3v) is 4.47. The molecule has 25 heavy (non-hydrogen) atoms. The molecule has 2 aliphatic heterocycles. The quantitative estimate of drug-likeness (QED) is 0.782. The van der Waals surface area contributed by atoms with Gasteiger partial charge in [0, 0.05) is 12.2 Å². The van der Waals surface area contributed by atoms with Crippen molar-refractivity contribution in [1.29, 1.82) is 0 Å². The van der Waals surface area contributed by atoms with Crippen LogP contribution in [0.4, 0.5) is 5.69 Å². The van der Waals surface area contributed by atoms with Crippen LogP contribution in [0.25, 0.3) is 0 Å².